The number of amides is 2. The summed E-state index contributed by atoms with van der Waals surface area (Å²) in [7, 11) is 0. The highest BCUT2D eigenvalue weighted by Gasteiger charge is 2.23. The second-order valence-electron chi connectivity index (χ2n) is 9.33. The van der Waals surface area contributed by atoms with Gasteiger partial charge in [-0.15, -0.1) is 0 Å². The Bertz CT molecular complexity index is 1400. The third kappa shape index (κ3) is 5.72. The van der Waals surface area contributed by atoms with Gasteiger partial charge in [0.1, 0.15) is 6.54 Å². The maximum Gasteiger partial charge on any atom is 0.296 e. The van der Waals surface area contributed by atoms with E-state index in [4.69, 9.17) is 0 Å². The number of carbonyl (C=O) groups excluding carboxylic acids is 3. The normalized spacial score (nSPS) is 13.7. The number of anilines is 3. The molecule has 2 amide bonds. The van der Waals surface area contributed by atoms with Gasteiger partial charge in [-0.05, 0) is 55.3 Å². The van der Waals surface area contributed by atoms with Crippen molar-refractivity contribution in [2.24, 2.45) is 0 Å². The predicted molar refractivity (Wildman–Crippen MR) is 146 cm³/mol. The van der Waals surface area contributed by atoms with Crippen LogP contribution in [0.2, 0.25) is 0 Å². The molecule has 1 aliphatic heterocycles. The Balaban J connectivity index is 1.29. The Hall–Kier alpha value is -4.39. The first-order valence-electron chi connectivity index (χ1n) is 12.7. The molecule has 0 spiro atoms. The van der Waals surface area contributed by atoms with Crippen LogP contribution in [0.1, 0.15) is 36.0 Å². The summed E-state index contributed by atoms with van der Waals surface area (Å²) >= 11 is 0. The van der Waals surface area contributed by atoms with Gasteiger partial charge < -0.3 is 20.1 Å². The van der Waals surface area contributed by atoms with E-state index in [-0.39, 0.29) is 12.5 Å². The SMILES string of the molecule is O=C(Nc1ccc(Nc2ccccc2)cc1)C(=O)c1cn(CC(=O)N2CCCCCC2)c2ccccc12. The molecule has 5 rings (SSSR count). The Labute approximate surface area is 216 Å². The molecule has 2 N–H and O–H groups in total. The lowest BCUT2D eigenvalue weighted by atomic mass is 10.1. The largest absolute Gasteiger partial charge is 0.356 e. The van der Waals surface area contributed by atoms with Crippen molar-refractivity contribution in [1.29, 1.82) is 0 Å². The molecule has 37 heavy (non-hydrogen) atoms. The fraction of sp³-hybridized carbons (Fsp3) is 0.233. The Morgan fingerprint density at radius 1 is 0.703 bits per heavy atom. The van der Waals surface area contributed by atoms with Crippen LogP contribution >= 0.6 is 0 Å². The van der Waals surface area contributed by atoms with Crippen LogP contribution in [0.25, 0.3) is 10.9 Å². The number of hydrogen-bond acceptors (Lipinski definition) is 4. The summed E-state index contributed by atoms with van der Waals surface area (Å²) in [4.78, 5) is 41.0. The maximum absolute atomic E-state index is 13.2. The van der Waals surface area contributed by atoms with Crippen LogP contribution in [-0.2, 0) is 16.1 Å². The highest BCUT2D eigenvalue weighted by molar-refractivity contribution is 6.48. The van der Waals surface area contributed by atoms with Gasteiger partial charge in [0, 0.05) is 47.3 Å². The minimum absolute atomic E-state index is 0.0373. The molecule has 0 bridgehead atoms. The predicted octanol–water partition coefficient (Wildman–Crippen LogP) is 5.61. The highest BCUT2D eigenvalue weighted by Crippen LogP contribution is 2.24. The van der Waals surface area contributed by atoms with Gasteiger partial charge in [-0.3, -0.25) is 14.4 Å². The lowest BCUT2D eigenvalue weighted by Gasteiger charge is -2.20. The molecule has 1 aromatic heterocycles. The molecule has 0 unspecified atom stereocenters. The van der Waals surface area contributed by atoms with Gasteiger partial charge in [0.05, 0.1) is 5.56 Å². The molecule has 2 heterocycles. The van der Waals surface area contributed by atoms with Crippen molar-refractivity contribution in [3.05, 3.63) is 90.6 Å². The first-order valence-corrected chi connectivity index (χ1v) is 12.7. The van der Waals surface area contributed by atoms with E-state index >= 15 is 0 Å². The van der Waals surface area contributed by atoms with E-state index in [0.29, 0.717) is 16.6 Å². The van der Waals surface area contributed by atoms with Crippen LogP contribution in [0.5, 0.6) is 0 Å². The molecule has 0 saturated carbocycles. The summed E-state index contributed by atoms with van der Waals surface area (Å²) in [6, 6.07) is 24.3. The van der Waals surface area contributed by atoms with Gasteiger partial charge in [0.2, 0.25) is 5.91 Å². The molecule has 0 radical (unpaired) electrons. The number of nitrogens with one attached hydrogen (secondary N) is 2. The number of fused-ring (bicyclic) bond motifs is 1. The van der Waals surface area contributed by atoms with Crippen LogP contribution in [0, 0.1) is 0 Å². The van der Waals surface area contributed by atoms with Crippen molar-refractivity contribution in [2.75, 3.05) is 23.7 Å². The van der Waals surface area contributed by atoms with E-state index in [1.807, 2.05) is 71.6 Å². The van der Waals surface area contributed by atoms with E-state index in [9.17, 15) is 14.4 Å². The van der Waals surface area contributed by atoms with E-state index in [2.05, 4.69) is 10.6 Å². The van der Waals surface area contributed by atoms with E-state index in [0.717, 1.165) is 55.7 Å². The summed E-state index contributed by atoms with van der Waals surface area (Å²) in [6.07, 6.45) is 5.97. The molecule has 1 saturated heterocycles. The summed E-state index contributed by atoms with van der Waals surface area (Å²) in [5, 5.41) is 6.65. The minimum atomic E-state index is -0.717. The molecule has 1 aliphatic rings. The van der Waals surface area contributed by atoms with Crippen molar-refractivity contribution >= 4 is 45.6 Å². The van der Waals surface area contributed by atoms with Crippen molar-refractivity contribution < 1.29 is 14.4 Å². The third-order valence-electron chi connectivity index (χ3n) is 6.71. The molecular formula is C30H30N4O3. The Morgan fingerprint density at radius 3 is 2.05 bits per heavy atom. The molecule has 1 fully saturated rings. The minimum Gasteiger partial charge on any atom is -0.356 e. The van der Waals surface area contributed by atoms with Gasteiger partial charge >= 0.3 is 0 Å². The average Bonchev–Trinajstić information content (AvgIpc) is 3.08. The van der Waals surface area contributed by atoms with Crippen molar-refractivity contribution in [3.8, 4) is 0 Å². The quantitative estimate of drug-likeness (QED) is 0.258. The van der Waals surface area contributed by atoms with Crippen molar-refractivity contribution in [2.45, 2.75) is 32.2 Å². The van der Waals surface area contributed by atoms with Crippen molar-refractivity contribution in [3.63, 3.8) is 0 Å². The molecule has 3 aromatic carbocycles. The number of hydrogen-bond donors (Lipinski definition) is 2. The van der Waals surface area contributed by atoms with Crippen LogP contribution in [0.15, 0.2) is 85.1 Å². The summed E-state index contributed by atoms with van der Waals surface area (Å²) in [6.45, 7) is 1.68. The summed E-state index contributed by atoms with van der Waals surface area (Å²) in [5.41, 5.74) is 3.40. The Kier molecular flexibility index (Phi) is 7.31. The standard InChI is InChI=1S/C30H30N4O3/c35-28(33-18-8-1-2-9-19-33)21-34-20-26(25-12-6-7-13-27(25)34)29(36)30(37)32-24-16-14-23(15-17-24)31-22-10-4-3-5-11-22/h3-7,10-17,20,31H,1-2,8-9,18-19,21H2,(H,32,37). The number of carbonyl (C=O) groups is 3. The summed E-state index contributed by atoms with van der Waals surface area (Å²) in [5.74, 6) is -1.32. The number of Topliss-reactive ketones (excluding diaryl/α,β-unsaturated/α-hetero) is 1. The topological polar surface area (TPSA) is 83.4 Å². The fourth-order valence-electron chi connectivity index (χ4n) is 4.76. The molecule has 188 valence electrons. The van der Waals surface area contributed by atoms with Gasteiger partial charge in [0.15, 0.2) is 0 Å². The maximum atomic E-state index is 13.2. The highest BCUT2D eigenvalue weighted by atomic mass is 16.2. The number of ketones is 1. The molecule has 4 aromatic rings. The lowest BCUT2D eigenvalue weighted by Crippen LogP contribution is -2.34. The van der Waals surface area contributed by atoms with E-state index in [1.54, 1.807) is 22.9 Å². The first kappa shape index (κ1) is 24.3. The van der Waals surface area contributed by atoms with Crippen LogP contribution in [-0.4, -0.2) is 40.2 Å². The number of benzene rings is 3. The lowest BCUT2D eigenvalue weighted by molar-refractivity contribution is -0.131. The second-order valence-corrected chi connectivity index (χ2v) is 9.33. The zero-order valence-electron chi connectivity index (χ0n) is 20.7. The van der Waals surface area contributed by atoms with Crippen LogP contribution in [0.3, 0.4) is 0 Å². The molecule has 0 atom stereocenters. The van der Waals surface area contributed by atoms with Gasteiger partial charge in [-0.2, -0.15) is 0 Å². The van der Waals surface area contributed by atoms with Gasteiger partial charge in [-0.25, -0.2) is 0 Å². The van der Waals surface area contributed by atoms with Gasteiger partial charge in [-0.1, -0.05) is 49.2 Å². The average molecular weight is 495 g/mol. The van der Waals surface area contributed by atoms with Crippen LogP contribution in [0.4, 0.5) is 17.1 Å². The smallest absolute Gasteiger partial charge is 0.296 e. The number of aromatic nitrogens is 1. The fourth-order valence-corrected chi connectivity index (χ4v) is 4.76. The van der Waals surface area contributed by atoms with Crippen LogP contribution < -0.4 is 10.6 Å². The number of nitrogens with zero attached hydrogens (tertiary/aromatic N) is 2. The zero-order chi connectivity index (χ0) is 25.6. The second kappa shape index (κ2) is 11.1. The molecule has 7 heteroatoms. The molecular weight excluding hydrogens is 464 g/mol. The van der Waals surface area contributed by atoms with E-state index in [1.165, 1.54) is 0 Å². The monoisotopic (exact) mass is 494 g/mol. The summed E-state index contributed by atoms with van der Waals surface area (Å²) < 4.78 is 1.78. The first-order chi connectivity index (χ1) is 18.1. The molecule has 7 nitrogen and oxygen atoms in total. The number of rotatable bonds is 7. The number of likely N-dealkylation sites (tertiary alicyclic amines) is 1. The zero-order valence-corrected chi connectivity index (χ0v) is 20.7. The Morgan fingerprint density at radius 2 is 1.32 bits per heavy atom. The molecule has 0 aliphatic carbocycles. The third-order valence-corrected chi connectivity index (χ3v) is 6.71. The van der Waals surface area contributed by atoms with Crippen molar-refractivity contribution in [1.82, 2.24) is 9.47 Å². The van der Waals surface area contributed by atoms with E-state index < -0.39 is 11.7 Å². The van der Waals surface area contributed by atoms with Gasteiger partial charge in [0.25, 0.3) is 11.7 Å². The number of para-hydroxylation sites is 2.